The van der Waals surface area contributed by atoms with Crippen molar-refractivity contribution in [1.29, 1.82) is 0 Å². The highest BCUT2D eigenvalue weighted by molar-refractivity contribution is 6.12. The number of nitrogens with zero attached hydrogens (tertiary/aromatic N) is 1. The number of rotatable bonds is 5. The number of hydrogen-bond acceptors (Lipinski definition) is 2. The lowest BCUT2D eigenvalue weighted by Gasteiger charge is -2.42. The summed E-state index contributed by atoms with van der Waals surface area (Å²) in [5.41, 5.74) is 19.4. The number of furan rings is 1. The molecule has 0 saturated carbocycles. The normalized spacial score (nSPS) is 14.5. The zero-order valence-electron chi connectivity index (χ0n) is 35.4. The first-order chi connectivity index (χ1) is 32.3. The van der Waals surface area contributed by atoms with Crippen LogP contribution < -0.4 is 4.90 Å². The van der Waals surface area contributed by atoms with E-state index >= 15 is 0 Å². The second kappa shape index (κ2) is 13.8. The van der Waals surface area contributed by atoms with Gasteiger partial charge in [-0.05, 0) is 119 Å². The van der Waals surface area contributed by atoms with Crippen LogP contribution in [-0.4, -0.2) is 0 Å². The van der Waals surface area contributed by atoms with Crippen LogP contribution in [0.5, 0.6) is 0 Å². The monoisotopic (exact) mass is 825 g/mol. The Hall–Kier alpha value is -8.46. The van der Waals surface area contributed by atoms with Crippen molar-refractivity contribution >= 4 is 60.5 Å². The molecule has 0 amide bonds. The highest BCUT2D eigenvalue weighted by Crippen LogP contribution is 2.64. The van der Waals surface area contributed by atoms with Gasteiger partial charge in [0.15, 0.2) is 0 Å². The number of hydrogen-bond donors (Lipinski definition) is 0. The maximum atomic E-state index is 6.60. The fourth-order valence-corrected chi connectivity index (χ4v) is 11.6. The minimum Gasteiger partial charge on any atom is -0.456 e. The maximum Gasteiger partial charge on any atom is 0.137 e. The van der Waals surface area contributed by atoms with E-state index in [-0.39, 0.29) is 0 Å². The number of para-hydroxylation sites is 2. The molecule has 302 valence electrons. The lowest BCUT2D eigenvalue weighted by Crippen LogP contribution is -2.32. The second-order valence-corrected chi connectivity index (χ2v) is 17.5. The molecule has 0 aliphatic heterocycles. The molecule has 2 nitrogen and oxygen atoms in total. The molecule has 14 rings (SSSR count). The van der Waals surface area contributed by atoms with Crippen LogP contribution >= 0.6 is 0 Å². The van der Waals surface area contributed by atoms with Gasteiger partial charge < -0.3 is 9.32 Å². The number of anilines is 3. The first-order valence-electron chi connectivity index (χ1n) is 22.5. The Balaban J connectivity index is 1.11. The third-order valence-corrected chi connectivity index (χ3v) is 14.3. The van der Waals surface area contributed by atoms with Gasteiger partial charge in [-0.15, -0.1) is 0 Å². The van der Waals surface area contributed by atoms with Crippen molar-refractivity contribution in [3.8, 4) is 44.5 Å². The topological polar surface area (TPSA) is 16.4 Å². The molecule has 0 N–H and O–H groups in total. The standard InChI is InChI=1S/C63H39NO/c1-2-16-41(17-3-1)46-22-8-12-30-58(46)64(44-34-37-52-51-25-9-13-31-59(51)65-60(52)39-44)43-33-36-50-48-23-6-10-28-55(48)63(57(50)38-43)56-29-11-7-24-49(56)53-27-15-20-42-32-35-54(62(63)61(42)53)47-26-14-19-40-18-4-5-21-45(40)47/h1-39H. The van der Waals surface area contributed by atoms with E-state index in [0.29, 0.717) is 0 Å². The van der Waals surface area contributed by atoms with E-state index in [9.17, 15) is 0 Å². The highest BCUT2D eigenvalue weighted by atomic mass is 16.3. The van der Waals surface area contributed by atoms with Crippen LogP contribution in [0.4, 0.5) is 17.1 Å². The summed E-state index contributed by atoms with van der Waals surface area (Å²) < 4.78 is 6.60. The first kappa shape index (κ1) is 36.1. The highest BCUT2D eigenvalue weighted by Gasteiger charge is 2.51. The molecule has 0 radical (unpaired) electrons. The van der Waals surface area contributed by atoms with Gasteiger partial charge in [-0.1, -0.05) is 194 Å². The Labute approximate surface area is 376 Å². The molecule has 1 heterocycles. The summed E-state index contributed by atoms with van der Waals surface area (Å²) in [7, 11) is 0. The summed E-state index contributed by atoms with van der Waals surface area (Å²) in [5.74, 6) is 0. The summed E-state index contributed by atoms with van der Waals surface area (Å²) in [6.45, 7) is 0. The average molecular weight is 826 g/mol. The van der Waals surface area contributed by atoms with Gasteiger partial charge in [0.25, 0.3) is 0 Å². The zero-order valence-corrected chi connectivity index (χ0v) is 35.4. The summed E-state index contributed by atoms with van der Waals surface area (Å²) in [4.78, 5) is 2.45. The minimum atomic E-state index is -0.661. The molecule has 1 spiro atoms. The Morgan fingerprint density at radius 3 is 1.74 bits per heavy atom. The Morgan fingerprint density at radius 2 is 0.892 bits per heavy atom. The fraction of sp³-hybridized carbons (Fsp3) is 0.0159. The van der Waals surface area contributed by atoms with E-state index in [1.54, 1.807) is 0 Å². The van der Waals surface area contributed by atoms with Crippen molar-refractivity contribution in [3.05, 3.63) is 259 Å². The quantitative estimate of drug-likeness (QED) is 0.172. The molecule has 0 saturated heterocycles. The van der Waals surface area contributed by atoms with Gasteiger partial charge in [0.2, 0.25) is 0 Å². The van der Waals surface area contributed by atoms with Gasteiger partial charge in [-0.3, -0.25) is 0 Å². The van der Waals surface area contributed by atoms with Crippen molar-refractivity contribution in [2.45, 2.75) is 5.41 Å². The predicted molar refractivity (Wildman–Crippen MR) is 271 cm³/mol. The second-order valence-electron chi connectivity index (χ2n) is 17.5. The van der Waals surface area contributed by atoms with Gasteiger partial charge in [-0.2, -0.15) is 0 Å². The van der Waals surface area contributed by atoms with Crippen molar-refractivity contribution in [2.75, 3.05) is 4.90 Å². The van der Waals surface area contributed by atoms with E-state index in [0.717, 1.165) is 50.1 Å². The van der Waals surface area contributed by atoms with Crippen molar-refractivity contribution in [1.82, 2.24) is 0 Å². The molecule has 0 fully saturated rings. The van der Waals surface area contributed by atoms with E-state index < -0.39 is 5.41 Å². The van der Waals surface area contributed by atoms with Crippen LogP contribution in [0.15, 0.2) is 241 Å². The molecular formula is C63H39NO. The van der Waals surface area contributed by atoms with E-state index in [1.807, 2.05) is 6.07 Å². The minimum absolute atomic E-state index is 0.661. The van der Waals surface area contributed by atoms with Crippen LogP contribution in [0.2, 0.25) is 0 Å². The van der Waals surface area contributed by atoms with E-state index in [2.05, 4.69) is 235 Å². The lowest BCUT2D eigenvalue weighted by molar-refractivity contribution is 0.669. The van der Waals surface area contributed by atoms with Crippen molar-refractivity contribution in [2.24, 2.45) is 0 Å². The summed E-state index contributed by atoms with van der Waals surface area (Å²) >= 11 is 0. The van der Waals surface area contributed by atoms with Crippen LogP contribution in [0.1, 0.15) is 22.3 Å². The Bertz CT molecular complexity index is 3910. The molecule has 11 aromatic carbocycles. The maximum absolute atomic E-state index is 6.60. The van der Waals surface area contributed by atoms with E-state index in [1.165, 1.54) is 77.2 Å². The molecule has 1 atom stereocenters. The Kier molecular flexibility index (Phi) is 7.64. The molecule has 1 aromatic heterocycles. The lowest BCUT2D eigenvalue weighted by atomic mass is 9.60. The van der Waals surface area contributed by atoms with Gasteiger partial charge >= 0.3 is 0 Å². The molecule has 0 bridgehead atoms. The molecule has 12 aromatic rings. The Morgan fingerprint density at radius 1 is 0.323 bits per heavy atom. The molecule has 65 heavy (non-hydrogen) atoms. The average Bonchev–Trinajstić information content (AvgIpc) is 3.89. The van der Waals surface area contributed by atoms with Crippen LogP contribution in [0, 0.1) is 0 Å². The smallest absolute Gasteiger partial charge is 0.137 e. The molecular weight excluding hydrogens is 787 g/mol. The third-order valence-electron chi connectivity index (χ3n) is 14.3. The molecule has 2 aliphatic carbocycles. The molecule has 1 unspecified atom stereocenters. The SMILES string of the molecule is c1ccc(-c2ccccc2N(c2ccc3c(c2)C2(c4ccccc4-3)c3ccccc3-c3cccc4ccc(-c5cccc6ccccc56)c2c34)c2ccc3c(c2)oc2ccccc23)cc1. The summed E-state index contributed by atoms with van der Waals surface area (Å²) in [5, 5.41) is 7.27. The van der Waals surface area contributed by atoms with E-state index in [4.69, 9.17) is 4.42 Å². The van der Waals surface area contributed by atoms with Gasteiger partial charge in [0, 0.05) is 33.8 Å². The summed E-state index contributed by atoms with van der Waals surface area (Å²) in [6.07, 6.45) is 0. The zero-order chi connectivity index (χ0) is 42.6. The predicted octanol–water partition coefficient (Wildman–Crippen LogP) is 17.0. The van der Waals surface area contributed by atoms with Gasteiger partial charge in [0.05, 0.1) is 11.1 Å². The third kappa shape index (κ3) is 5.05. The van der Waals surface area contributed by atoms with Gasteiger partial charge in [-0.25, -0.2) is 0 Å². The van der Waals surface area contributed by atoms with Crippen molar-refractivity contribution in [3.63, 3.8) is 0 Å². The van der Waals surface area contributed by atoms with Crippen LogP contribution in [0.25, 0.3) is 88.0 Å². The number of fused-ring (bicyclic) bond motifs is 13. The van der Waals surface area contributed by atoms with Crippen molar-refractivity contribution < 1.29 is 4.42 Å². The number of benzene rings is 11. The first-order valence-corrected chi connectivity index (χ1v) is 22.5. The van der Waals surface area contributed by atoms with Crippen LogP contribution in [-0.2, 0) is 5.41 Å². The van der Waals surface area contributed by atoms with Crippen LogP contribution in [0.3, 0.4) is 0 Å². The fourth-order valence-electron chi connectivity index (χ4n) is 11.6. The van der Waals surface area contributed by atoms with Gasteiger partial charge in [0.1, 0.15) is 11.2 Å². The molecule has 2 heteroatoms. The molecule has 2 aliphatic rings. The summed E-state index contributed by atoms with van der Waals surface area (Å²) in [6, 6.07) is 87.4. The largest absolute Gasteiger partial charge is 0.456 e.